The summed E-state index contributed by atoms with van der Waals surface area (Å²) in [6.45, 7) is 0.635. The molecule has 0 spiro atoms. The van der Waals surface area contributed by atoms with E-state index in [1.165, 1.54) is 6.33 Å². The van der Waals surface area contributed by atoms with Crippen LogP contribution in [-0.2, 0) is 13.5 Å². The summed E-state index contributed by atoms with van der Waals surface area (Å²) in [7, 11) is 1.88. The van der Waals surface area contributed by atoms with Crippen molar-refractivity contribution >= 4 is 17.4 Å². The van der Waals surface area contributed by atoms with Gasteiger partial charge in [-0.05, 0) is 6.07 Å². The molecule has 0 aliphatic carbocycles. The van der Waals surface area contributed by atoms with Gasteiger partial charge in [0, 0.05) is 31.9 Å². The average molecular weight is 254 g/mol. The molecular weight excluding hydrogens is 242 g/mol. The average Bonchev–Trinajstić information content (AvgIpc) is 2.71. The Morgan fingerprint density at radius 3 is 3.12 bits per heavy atom. The molecule has 2 aromatic rings. The molecule has 0 bridgehead atoms. The number of H-pyrrole nitrogens is 1. The number of nitrogens with one attached hydrogen (secondary N) is 2. The molecule has 17 heavy (non-hydrogen) atoms. The van der Waals surface area contributed by atoms with Gasteiger partial charge in [0.1, 0.15) is 5.02 Å². The van der Waals surface area contributed by atoms with Crippen LogP contribution in [0.15, 0.2) is 23.4 Å². The highest BCUT2D eigenvalue weighted by Gasteiger charge is 2.05. The van der Waals surface area contributed by atoms with Gasteiger partial charge >= 0.3 is 0 Å². The maximum Gasteiger partial charge on any atom is 0.271 e. The summed E-state index contributed by atoms with van der Waals surface area (Å²) in [4.78, 5) is 17.6. The molecule has 0 atom stereocenters. The van der Waals surface area contributed by atoms with Crippen molar-refractivity contribution in [2.75, 3.05) is 11.9 Å². The number of aromatic nitrogens is 4. The van der Waals surface area contributed by atoms with E-state index in [0.29, 0.717) is 12.4 Å². The molecule has 6 nitrogen and oxygen atoms in total. The predicted molar refractivity (Wildman–Crippen MR) is 65.3 cm³/mol. The van der Waals surface area contributed by atoms with Crippen molar-refractivity contribution in [3.8, 4) is 0 Å². The number of hydrogen-bond acceptors (Lipinski definition) is 4. The van der Waals surface area contributed by atoms with Crippen LogP contribution in [-0.4, -0.2) is 26.3 Å². The minimum Gasteiger partial charge on any atom is -0.368 e. The van der Waals surface area contributed by atoms with E-state index >= 15 is 0 Å². The topological polar surface area (TPSA) is 75.6 Å². The monoisotopic (exact) mass is 253 g/mol. The van der Waals surface area contributed by atoms with Crippen molar-refractivity contribution in [1.29, 1.82) is 0 Å². The molecule has 2 aromatic heterocycles. The SMILES string of the molecule is Cn1nccc1CCNc1nc[nH]c(=O)c1Cl. The van der Waals surface area contributed by atoms with E-state index in [2.05, 4.69) is 20.4 Å². The van der Waals surface area contributed by atoms with E-state index in [0.717, 1.165) is 12.1 Å². The van der Waals surface area contributed by atoms with Crippen molar-refractivity contribution in [2.24, 2.45) is 7.05 Å². The zero-order valence-corrected chi connectivity index (χ0v) is 10.0. The highest BCUT2D eigenvalue weighted by molar-refractivity contribution is 6.32. The minimum absolute atomic E-state index is 0.0810. The number of halogens is 1. The van der Waals surface area contributed by atoms with Crippen molar-refractivity contribution in [1.82, 2.24) is 19.7 Å². The Hall–Kier alpha value is -1.82. The fourth-order valence-corrected chi connectivity index (χ4v) is 1.63. The molecule has 0 saturated carbocycles. The molecule has 0 amide bonds. The number of aromatic amines is 1. The lowest BCUT2D eigenvalue weighted by atomic mass is 10.3. The number of rotatable bonds is 4. The summed E-state index contributed by atoms with van der Waals surface area (Å²) >= 11 is 5.80. The molecule has 2 rings (SSSR count). The fraction of sp³-hybridized carbons (Fsp3) is 0.300. The second kappa shape index (κ2) is 5.01. The molecule has 2 heterocycles. The highest BCUT2D eigenvalue weighted by atomic mass is 35.5. The van der Waals surface area contributed by atoms with Crippen LogP contribution in [0.1, 0.15) is 5.69 Å². The summed E-state index contributed by atoms with van der Waals surface area (Å²) in [6, 6.07) is 1.94. The van der Waals surface area contributed by atoms with Crippen molar-refractivity contribution in [3.63, 3.8) is 0 Å². The van der Waals surface area contributed by atoms with Crippen LogP contribution in [0.2, 0.25) is 5.02 Å². The third-order valence-electron chi connectivity index (χ3n) is 2.39. The van der Waals surface area contributed by atoms with Gasteiger partial charge in [-0.2, -0.15) is 5.10 Å². The molecule has 0 aliphatic rings. The largest absolute Gasteiger partial charge is 0.368 e. The van der Waals surface area contributed by atoms with Gasteiger partial charge in [0.25, 0.3) is 5.56 Å². The normalized spacial score (nSPS) is 10.5. The van der Waals surface area contributed by atoms with Gasteiger partial charge in [0.15, 0.2) is 5.82 Å². The van der Waals surface area contributed by atoms with Gasteiger partial charge in [-0.1, -0.05) is 11.6 Å². The quantitative estimate of drug-likeness (QED) is 0.846. The maximum absolute atomic E-state index is 11.2. The van der Waals surface area contributed by atoms with Gasteiger partial charge < -0.3 is 10.3 Å². The van der Waals surface area contributed by atoms with Crippen molar-refractivity contribution < 1.29 is 0 Å². The molecular formula is C10H12ClN5O. The first-order chi connectivity index (χ1) is 8.18. The second-order valence-corrected chi connectivity index (χ2v) is 3.90. The van der Waals surface area contributed by atoms with Gasteiger partial charge in [0.2, 0.25) is 0 Å². The first kappa shape index (κ1) is 11.7. The molecule has 7 heteroatoms. The first-order valence-corrected chi connectivity index (χ1v) is 5.50. The Labute approximate surface area is 103 Å². The Morgan fingerprint density at radius 1 is 1.59 bits per heavy atom. The van der Waals surface area contributed by atoms with Crippen LogP contribution in [0.25, 0.3) is 0 Å². The van der Waals surface area contributed by atoms with Crippen LogP contribution in [0.3, 0.4) is 0 Å². The van der Waals surface area contributed by atoms with E-state index in [9.17, 15) is 4.79 Å². The van der Waals surface area contributed by atoms with Gasteiger partial charge in [-0.3, -0.25) is 9.48 Å². The van der Waals surface area contributed by atoms with Crippen LogP contribution in [0, 0.1) is 0 Å². The number of aryl methyl sites for hydroxylation is 1. The van der Waals surface area contributed by atoms with E-state index in [1.807, 2.05) is 13.1 Å². The standard InChI is InChI=1S/C10H12ClN5O/c1-16-7(3-5-15-16)2-4-12-9-8(11)10(17)14-6-13-9/h3,5-6H,2,4H2,1H3,(H2,12,13,14,17). The van der Waals surface area contributed by atoms with E-state index in [-0.39, 0.29) is 10.6 Å². The summed E-state index contributed by atoms with van der Waals surface area (Å²) in [5.74, 6) is 0.401. The molecule has 0 fully saturated rings. The van der Waals surface area contributed by atoms with Crippen LogP contribution in [0.4, 0.5) is 5.82 Å². The Balaban J connectivity index is 1.97. The highest BCUT2D eigenvalue weighted by Crippen LogP contribution is 2.11. The zero-order chi connectivity index (χ0) is 12.3. The van der Waals surface area contributed by atoms with Crippen molar-refractivity contribution in [2.45, 2.75) is 6.42 Å². The number of nitrogens with zero attached hydrogens (tertiary/aromatic N) is 3. The molecule has 2 N–H and O–H groups in total. The van der Waals surface area contributed by atoms with Crippen molar-refractivity contribution in [3.05, 3.63) is 39.7 Å². The molecule has 0 radical (unpaired) electrons. The predicted octanol–water partition coefficient (Wildman–Crippen LogP) is 0.811. The third kappa shape index (κ3) is 2.65. The maximum atomic E-state index is 11.2. The number of hydrogen-bond donors (Lipinski definition) is 2. The molecule has 0 aliphatic heterocycles. The third-order valence-corrected chi connectivity index (χ3v) is 2.74. The Kier molecular flexibility index (Phi) is 3.43. The lowest BCUT2D eigenvalue weighted by molar-refractivity contribution is 0.711. The summed E-state index contributed by atoms with van der Waals surface area (Å²) in [5, 5.41) is 7.16. The molecule has 0 aromatic carbocycles. The summed E-state index contributed by atoms with van der Waals surface area (Å²) in [6.07, 6.45) is 3.84. The van der Waals surface area contributed by atoms with Gasteiger partial charge in [-0.25, -0.2) is 4.98 Å². The van der Waals surface area contributed by atoms with Crippen LogP contribution >= 0.6 is 11.6 Å². The second-order valence-electron chi connectivity index (χ2n) is 3.52. The van der Waals surface area contributed by atoms with Gasteiger partial charge in [-0.15, -0.1) is 0 Å². The van der Waals surface area contributed by atoms with E-state index in [4.69, 9.17) is 11.6 Å². The van der Waals surface area contributed by atoms with E-state index < -0.39 is 0 Å². The minimum atomic E-state index is -0.343. The number of anilines is 1. The smallest absolute Gasteiger partial charge is 0.271 e. The molecule has 0 unspecified atom stereocenters. The summed E-state index contributed by atoms with van der Waals surface area (Å²) < 4.78 is 1.80. The van der Waals surface area contributed by atoms with E-state index in [1.54, 1.807) is 10.9 Å². The molecule has 90 valence electrons. The van der Waals surface area contributed by atoms with Gasteiger partial charge in [0.05, 0.1) is 6.33 Å². The lowest BCUT2D eigenvalue weighted by Gasteiger charge is -2.06. The summed E-state index contributed by atoms with van der Waals surface area (Å²) in [5.41, 5.74) is 0.753. The lowest BCUT2D eigenvalue weighted by Crippen LogP contribution is -2.14. The Bertz CT molecular complexity index is 562. The molecule has 0 saturated heterocycles. The van der Waals surface area contributed by atoms with Crippen LogP contribution in [0.5, 0.6) is 0 Å². The Morgan fingerprint density at radius 2 is 2.41 bits per heavy atom. The first-order valence-electron chi connectivity index (χ1n) is 5.12. The zero-order valence-electron chi connectivity index (χ0n) is 9.27. The fourth-order valence-electron chi connectivity index (χ4n) is 1.46. The van der Waals surface area contributed by atoms with Crippen LogP contribution < -0.4 is 10.9 Å².